The fourth-order valence-corrected chi connectivity index (χ4v) is 1.52. The zero-order valence-electron chi connectivity index (χ0n) is 8.96. The molecule has 0 amide bonds. The van der Waals surface area contributed by atoms with E-state index >= 15 is 0 Å². The Morgan fingerprint density at radius 2 is 2.33 bits per heavy atom. The highest BCUT2D eigenvalue weighted by atomic mass is 79.9. The first-order valence-corrected chi connectivity index (χ1v) is 5.70. The van der Waals surface area contributed by atoms with Crippen molar-refractivity contribution in [1.29, 1.82) is 0 Å². The number of carbonyl (C=O) groups is 1. The predicted molar refractivity (Wildman–Crippen MR) is 63.7 cm³/mol. The third-order valence-corrected chi connectivity index (χ3v) is 2.67. The van der Waals surface area contributed by atoms with Crippen molar-refractivity contribution in [3.63, 3.8) is 0 Å². The second-order valence-corrected chi connectivity index (χ2v) is 4.49. The number of nitrogens with one attached hydrogen (secondary N) is 1. The highest BCUT2D eigenvalue weighted by Crippen LogP contribution is 2.09. The number of hydrogen-bond acceptors (Lipinski definition) is 3. The molecule has 3 nitrogen and oxygen atoms in total. The molecule has 1 atom stereocenters. The summed E-state index contributed by atoms with van der Waals surface area (Å²) in [6, 6.07) is 3.77. The van der Waals surface area contributed by atoms with Gasteiger partial charge in [0.05, 0.1) is 0 Å². The Labute approximate surface area is 98.4 Å². The van der Waals surface area contributed by atoms with Crippen molar-refractivity contribution in [2.75, 3.05) is 13.6 Å². The lowest BCUT2D eigenvalue weighted by Crippen LogP contribution is -2.25. The van der Waals surface area contributed by atoms with Crippen LogP contribution < -0.4 is 5.32 Å². The largest absolute Gasteiger partial charge is 0.319 e. The molecule has 0 saturated carbocycles. The Morgan fingerprint density at radius 1 is 1.60 bits per heavy atom. The molecule has 82 valence electrons. The number of ketones is 1. The number of rotatable bonds is 5. The number of hydrogen-bond donors (Lipinski definition) is 1. The van der Waals surface area contributed by atoms with Gasteiger partial charge in [0.25, 0.3) is 0 Å². The van der Waals surface area contributed by atoms with Crippen molar-refractivity contribution in [3.8, 4) is 0 Å². The SMILES string of the molecule is CNCC(C)C(=O)Cc1ccc(Br)cn1. The first-order chi connectivity index (χ1) is 7.13. The minimum atomic E-state index is 0.0421. The first-order valence-electron chi connectivity index (χ1n) is 4.91. The summed E-state index contributed by atoms with van der Waals surface area (Å²) in [6.45, 7) is 2.65. The number of nitrogens with zero attached hydrogens (tertiary/aromatic N) is 1. The maximum absolute atomic E-state index is 11.7. The molecule has 1 heterocycles. The van der Waals surface area contributed by atoms with Gasteiger partial charge < -0.3 is 5.32 Å². The van der Waals surface area contributed by atoms with Gasteiger partial charge in [0.1, 0.15) is 5.78 Å². The van der Waals surface area contributed by atoms with Gasteiger partial charge in [-0.25, -0.2) is 0 Å². The number of carbonyl (C=O) groups excluding carboxylic acids is 1. The van der Waals surface area contributed by atoms with Gasteiger partial charge in [0.15, 0.2) is 0 Å². The second kappa shape index (κ2) is 5.98. The van der Waals surface area contributed by atoms with Crippen LogP contribution >= 0.6 is 15.9 Å². The van der Waals surface area contributed by atoms with Crippen molar-refractivity contribution >= 4 is 21.7 Å². The van der Waals surface area contributed by atoms with Gasteiger partial charge in [-0.3, -0.25) is 9.78 Å². The normalized spacial score (nSPS) is 12.5. The third-order valence-electron chi connectivity index (χ3n) is 2.20. The molecule has 0 bridgehead atoms. The van der Waals surface area contributed by atoms with Crippen molar-refractivity contribution in [1.82, 2.24) is 10.3 Å². The molecule has 1 N–H and O–H groups in total. The molecule has 0 aromatic carbocycles. The summed E-state index contributed by atoms with van der Waals surface area (Å²) in [5.41, 5.74) is 0.825. The summed E-state index contributed by atoms with van der Waals surface area (Å²) < 4.78 is 0.932. The van der Waals surface area contributed by atoms with Crippen LogP contribution in [0.15, 0.2) is 22.8 Å². The molecule has 1 rings (SSSR count). The highest BCUT2D eigenvalue weighted by Gasteiger charge is 2.12. The van der Waals surface area contributed by atoms with Crippen LogP contribution in [0.5, 0.6) is 0 Å². The van der Waals surface area contributed by atoms with Gasteiger partial charge in [-0.15, -0.1) is 0 Å². The Hall–Kier alpha value is -0.740. The van der Waals surface area contributed by atoms with Gasteiger partial charge in [0.2, 0.25) is 0 Å². The maximum atomic E-state index is 11.7. The average Bonchev–Trinajstić information content (AvgIpc) is 2.22. The van der Waals surface area contributed by atoms with E-state index in [0.29, 0.717) is 6.42 Å². The maximum Gasteiger partial charge on any atom is 0.142 e. The fourth-order valence-electron chi connectivity index (χ4n) is 1.28. The van der Waals surface area contributed by atoms with E-state index in [4.69, 9.17) is 0 Å². The van der Waals surface area contributed by atoms with E-state index < -0.39 is 0 Å². The lowest BCUT2D eigenvalue weighted by Gasteiger charge is -2.08. The molecule has 1 aromatic heterocycles. The highest BCUT2D eigenvalue weighted by molar-refractivity contribution is 9.10. The van der Waals surface area contributed by atoms with Crippen molar-refractivity contribution < 1.29 is 4.79 Å². The molecule has 0 aliphatic heterocycles. The standard InChI is InChI=1S/C11H15BrN2O/c1-8(6-13-2)11(15)5-10-4-3-9(12)7-14-10/h3-4,7-8,13H,5-6H2,1-2H3. The Balaban J connectivity index is 2.54. The molecule has 1 aromatic rings. The van der Waals surface area contributed by atoms with Crippen molar-refractivity contribution in [2.45, 2.75) is 13.3 Å². The lowest BCUT2D eigenvalue weighted by molar-refractivity contribution is -0.121. The Bertz CT molecular complexity index is 324. The molecular formula is C11H15BrN2O. The van der Waals surface area contributed by atoms with Crippen LogP contribution in [0.1, 0.15) is 12.6 Å². The number of Topliss-reactive ketones (excluding diaryl/α,β-unsaturated/α-hetero) is 1. The molecule has 1 unspecified atom stereocenters. The summed E-state index contributed by atoms with van der Waals surface area (Å²) in [4.78, 5) is 15.9. The lowest BCUT2D eigenvalue weighted by atomic mass is 10.0. The molecule has 0 fully saturated rings. The molecule has 0 saturated heterocycles. The molecule has 0 spiro atoms. The third kappa shape index (κ3) is 4.10. The van der Waals surface area contributed by atoms with E-state index in [9.17, 15) is 4.79 Å². The van der Waals surface area contributed by atoms with Crippen LogP contribution in [0.2, 0.25) is 0 Å². The van der Waals surface area contributed by atoms with Crippen molar-refractivity contribution in [3.05, 3.63) is 28.5 Å². The predicted octanol–water partition coefficient (Wildman–Crippen LogP) is 1.81. The summed E-state index contributed by atoms with van der Waals surface area (Å²) in [6.07, 6.45) is 2.13. The van der Waals surface area contributed by atoms with Gasteiger partial charge in [-0.05, 0) is 35.1 Å². The quantitative estimate of drug-likeness (QED) is 0.888. The van der Waals surface area contributed by atoms with Crippen LogP contribution in [0.4, 0.5) is 0 Å². The van der Waals surface area contributed by atoms with Gasteiger partial charge in [0, 0.05) is 35.2 Å². The first kappa shape index (κ1) is 12.3. The number of halogens is 1. The summed E-state index contributed by atoms with van der Waals surface area (Å²) in [5.74, 6) is 0.264. The van der Waals surface area contributed by atoms with Crippen LogP contribution in [0.25, 0.3) is 0 Å². The number of aromatic nitrogens is 1. The molecule has 0 aliphatic carbocycles. The van der Waals surface area contributed by atoms with Gasteiger partial charge in [-0.1, -0.05) is 6.92 Å². The smallest absolute Gasteiger partial charge is 0.142 e. The second-order valence-electron chi connectivity index (χ2n) is 3.57. The molecular weight excluding hydrogens is 256 g/mol. The minimum absolute atomic E-state index is 0.0421. The topological polar surface area (TPSA) is 42.0 Å². The molecule has 15 heavy (non-hydrogen) atoms. The van der Waals surface area contributed by atoms with Crippen molar-refractivity contribution in [2.24, 2.45) is 5.92 Å². The van der Waals surface area contributed by atoms with E-state index in [1.165, 1.54) is 0 Å². The zero-order valence-corrected chi connectivity index (χ0v) is 10.5. The Kier molecular flexibility index (Phi) is 4.91. The summed E-state index contributed by atoms with van der Waals surface area (Å²) in [7, 11) is 1.85. The van der Waals surface area contributed by atoms with Gasteiger partial charge in [-0.2, -0.15) is 0 Å². The van der Waals surface area contributed by atoms with E-state index in [-0.39, 0.29) is 11.7 Å². The summed E-state index contributed by atoms with van der Waals surface area (Å²) in [5, 5.41) is 2.99. The molecule has 0 radical (unpaired) electrons. The van der Waals surface area contributed by atoms with Crippen LogP contribution in [0, 0.1) is 5.92 Å². The van der Waals surface area contributed by atoms with E-state index in [1.54, 1.807) is 6.20 Å². The van der Waals surface area contributed by atoms with E-state index in [1.807, 2.05) is 26.1 Å². The average molecular weight is 271 g/mol. The van der Waals surface area contributed by atoms with Crippen LogP contribution in [-0.4, -0.2) is 24.4 Å². The minimum Gasteiger partial charge on any atom is -0.319 e. The van der Waals surface area contributed by atoms with E-state index in [0.717, 1.165) is 16.7 Å². The summed E-state index contributed by atoms with van der Waals surface area (Å²) >= 11 is 3.31. The Morgan fingerprint density at radius 3 is 2.87 bits per heavy atom. The molecule has 4 heteroatoms. The zero-order chi connectivity index (χ0) is 11.3. The monoisotopic (exact) mass is 270 g/mol. The van der Waals surface area contributed by atoms with E-state index in [2.05, 4.69) is 26.2 Å². The van der Waals surface area contributed by atoms with Crippen LogP contribution in [0.3, 0.4) is 0 Å². The number of pyridine rings is 1. The van der Waals surface area contributed by atoms with Crippen LogP contribution in [-0.2, 0) is 11.2 Å². The van der Waals surface area contributed by atoms with Gasteiger partial charge >= 0.3 is 0 Å². The fraction of sp³-hybridized carbons (Fsp3) is 0.455. The molecule has 0 aliphatic rings.